The van der Waals surface area contributed by atoms with Crippen LogP contribution in [0.15, 0.2) is 53.3 Å². The van der Waals surface area contributed by atoms with Crippen LogP contribution in [-0.4, -0.2) is 38.7 Å². The van der Waals surface area contributed by atoms with Crippen LogP contribution in [0.25, 0.3) is 10.9 Å². The molecular weight excluding hydrogens is 446 g/mol. The van der Waals surface area contributed by atoms with Gasteiger partial charge in [-0.15, -0.1) is 0 Å². The Bertz CT molecular complexity index is 1450. The summed E-state index contributed by atoms with van der Waals surface area (Å²) in [7, 11) is 0. The van der Waals surface area contributed by atoms with E-state index < -0.39 is 29.9 Å². The molecule has 3 aliphatic heterocycles. The number of carbonyl (C=O) groups excluding carboxylic acids is 2. The Morgan fingerprint density at radius 2 is 1.80 bits per heavy atom. The number of aromatic nitrogens is 2. The summed E-state index contributed by atoms with van der Waals surface area (Å²) in [6, 6.07) is 12.3. The highest BCUT2D eigenvalue weighted by Gasteiger charge is 2.58. The summed E-state index contributed by atoms with van der Waals surface area (Å²) in [5.74, 6) is -0.0162. The van der Waals surface area contributed by atoms with E-state index in [0.29, 0.717) is 28.0 Å². The molecule has 0 saturated carbocycles. The molecule has 35 heavy (non-hydrogen) atoms. The van der Waals surface area contributed by atoms with Gasteiger partial charge in [0.15, 0.2) is 0 Å². The van der Waals surface area contributed by atoms with E-state index in [1.807, 2.05) is 26.0 Å². The van der Waals surface area contributed by atoms with Crippen LogP contribution in [0.3, 0.4) is 0 Å². The van der Waals surface area contributed by atoms with Gasteiger partial charge in [-0.2, -0.15) is 0 Å². The van der Waals surface area contributed by atoms with E-state index in [0.717, 1.165) is 0 Å². The van der Waals surface area contributed by atoms with Crippen LogP contribution >= 0.6 is 0 Å². The van der Waals surface area contributed by atoms with Crippen molar-refractivity contribution < 1.29 is 14.7 Å². The fourth-order valence-electron chi connectivity index (χ4n) is 5.80. The van der Waals surface area contributed by atoms with Crippen molar-refractivity contribution in [3.63, 3.8) is 0 Å². The first-order valence-corrected chi connectivity index (χ1v) is 11.9. The predicted molar refractivity (Wildman–Crippen MR) is 130 cm³/mol. The third-order valence-electron chi connectivity index (χ3n) is 7.55. The van der Waals surface area contributed by atoms with E-state index in [1.54, 1.807) is 48.2 Å². The first-order valence-electron chi connectivity index (χ1n) is 11.9. The number of hydrogen-bond acceptors (Lipinski definition) is 6. The molecule has 5 unspecified atom stereocenters. The summed E-state index contributed by atoms with van der Waals surface area (Å²) in [6.07, 6.45) is -0.840. The maximum Gasteiger partial charge on any atom is 0.262 e. The van der Waals surface area contributed by atoms with Gasteiger partial charge in [-0.05, 0) is 31.0 Å². The Morgan fingerprint density at radius 3 is 2.57 bits per heavy atom. The fraction of sp³-hybridized carbons (Fsp3) is 0.385. The molecule has 3 aliphatic rings. The van der Waals surface area contributed by atoms with Crippen molar-refractivity contribution >= 4 is 28.4 Å². The van der Waals surface area contributed by atoms with Gasteiger partial charge >= 0.3 is 0 Å². The van der Waals surface area contributed by atoms with Crippen LogP contribution in [-0.2, 0) is 15.2 Å². The number of anilines is 1. The molecule has 1 saturated heterocycles. The van der Waals surface area contributed by atoms with Gasteiger partial charge in [0.25, 0.3) is 5.56 Å². The lowest BCUT2D eigenvalue weighted by molar-refractivity contribution is -0.130. The summed E-state index contributed by atoms with van der Waals surface area (Å²) in [6.45, 7) is 5.68. The highest BCUT2D eigenvalue weighted by atomic mass is 16.3. The van der Waals surface area contributed by atoms with Gasteiger partial charge in [-0.25, -0.2) is 4.98 Å². The number of hydrogen-bond donors (Lipinski definition) is 3. The maximum absolute atomic E-state index is 13.7. The molecule has 0 radical (unpaired) electrons. The lowest BCUT2D eigenvalue weighted by Gasteiger charge is -2.39. The van der Waals surface area contributed by atoms with Crippen LogP contribution < -0.4 is 21.1 Å². The minimum atomic E-state index is -1.59. The third-order valence-corrected chi connectivity index (χ3v) is 7.55. The largest absolute Gasteiger partial charge is 0.381 e. The van der Waals surface area contributed by atoms with Gasteiger partial charge in [-0.1, -0.05) is 44.2 Å². The summed E-state index contributed by atoms with van der Waals surface area (Å²) in [5.41, 5.74) is -0.169. The standard InChI is InChI=1S/C26H27N5O4/c1-13(2)20-21-28-17-10-6-4-8-15(17)24(34)30(21)19(22(32)29-20)12-26(35)16-9-5-7-11-18(16)31-23(33)14(3)27-25(26)31/h4-11,13-14,19-20,25,27,35H,12H2,1-3H3,(H,29,32). The van der Waals surface area contributed by atoms with Crippen LogP contribution in [0.4, 0.5) is 5.69 Å². The van der Waals surface area contributed by atoms with Crippen LogP contribution in [0.1, 0.15) is 50.7 Å². The number of nitrogens with zero attached hydrogens (tertiary/aromatic N) is 3. The van der Waals surface area contributed by atoms with E-state index in [2.05, 4.69) is 10.6 Å². The second kappa shape index (κ2) is 7.47. The number of rotatable bonds is 3. The molecule has 1 fully saturated rings. The lowest BCUT2D eigenvalue weighted by atomic mass is 9.85. The quantitative estimate of drug-likeness (QED) is 0.533. The van der Waals surface area contributed by atoms with Crippen molar-refractivity contribution in [1.29, 1.82) is 0 Å². The Balaban J connectivity index is 1.53. The first kappa shape index (κ1) is 21.9. The molecule has 2 aromatic carbocycles. The minimum absolute atomic E-state index is 0.0000307. The molecule has 0 aliphatic carbocycles. The zero-order chi connectivity index (χ0) is 24.6. The zero-order valence-electron chi connectivity index (χ0n) is 19.7. The summed E-state index contributed by atoms with van der Waals surface area (Å²) >= 11 is 0. The van der Waals surface area contributed by atoms with Crippen molar-refractivity contribution in [3.8, 4) is 0 Å². The average molecular weight is 474 g/mol. The summed E-state index contributed by atoms with van der Waals surface area (Å²) < 4.78 is 1.45. The minimum Gasteiger partial charge on any atom is -0.381 e. The van der Waals surface area contributed by atoms with Crippen molar-refractivity contribution in [2.75, 3.05) is 4.90 Å². The van der Waals surface area contributed by atoms with Crippen molar-refractivity contribution in [1.82, 2.24) is 20.2 Å². The van der Waals surface area contributed by atoms with E-state index >= 15 is 0 Å². The number of benzene rings is 2. The number of nitrogens with one attached hydrogen (secondary N) is 2. The van der Waals surface area contributed by atoms with Gasteiger partial charge in [0, 0.05) is 12.0 Å². The third kappa shape index (κ3) is 2.94. The van der Waals surface area contributed by atoms with E-state index in [4.69, 9.17) is 4.98 Å². The Kier molecular flexibility index (Phi) is 4.68. The number of carbonyl (C=O) groups is 2. The SMILES string of the molecule is CC1NC2N(C1=O)c1ccccc1C2(O)CC1C(=O)NC(C(C)C)c2nc3ccccc3c(=O)n21. The highest BCUT2D eigenvalue weighted by molar-refractivity contribution is 6.02. The monoisotopic (exact) mass is 473 g/mol. The number of amides is 2. The van der Waals surface area contributed by atoms with Crippen LogP contribution in [0.2, 0.25) is 0 Å². The van der Waals surface area contributed by atoms with Crippen molar-refractivity contribution in [3.05, 3.63) is 70.3 Å². The number of fused-ring (bicyclic) bond motifs is 5. The molecule has 9 nitrogen and oxygen atoms in total. The molecule has 6 rings (SSSR count). The van der Waals surface area contributed by atoms with Gasteiger partial charge < -0.3 is 10.4 Å². The van der Waals surface area contributed by atoms with Gasteiger partial charge in [0.2, 0.25) is 11.8 Å². The summed E-state index contributed by atoms with van der Waals surface area (Å²) in [5, 5.41) is 18.8. The van der Waals surface area contributed by atoms with E-state index in [-0.39, 0.29) is 29.7 Å². The molecule has 5 atom stereocenters. The molecule has 180 valence electrons. The Hall–Kier alpha value is -3.56. The smallest absolute Gasteiger partial charge is 0.262 e. The van der Waals surface area contributed by atoms with Gasteiger partial charge in [-0.3, -0.25) is 29.2 Å². The number of para-hydroxylation sites is 2. The molecule has 2 amide bonds. The fourth-order valence-corrected chi connectivity index (χ4v) is 5.80. The molecule has 4 heterocycles. The van der Waals surface area contributed by atoms with E-state index in [9.17, 15) is 19.5 Å². The number of aliphatic hydroxyl groups is 1. The maximum atomic E-state index is 13.7. The molecule has 0 bridgehead atoms. The zero-order valence-corrected chi connectivity index (χ0v) is 19.7. The van der Waals surface area contributed by atoms with E-state index in [1.165, 1.54) is 4.57 Å². The normalized spacial score (nSPS) is 29.3. The summed E-state index contributed by atoms with van der Waals surface area (Å²) in [4.78, 5) is 46.5. The van der Waals surface area contributed by atoms with Crippen molar-refractivity contribution in [2.45, 2.75) is 57.1 Å². The molecular formula is C26H27N5O4. The average Bonchev–Trinajstić information content (AvgIpc) is 3.27. The topological polar surface area (TPSA) is 117 Å². The second-order valence-corrected chi connectivity index (χ2v) is 10.1. The first-order chi connectivity index (χ1) is 16.7. The highest BCUT2D eigenvalue weighted by Crippen LogP contribution is 2.49. The van der Waals surface area contributed by atoms with Gasteiger partial charge in [0.1, 0.15) is 23.6 Å². The van der Waals surface area contributed by atoms with Crippen LogP contribution in [0.5, 0.6) is 0 Å². The Morgan fingerprint density at radius 1 is 1.09 bits per heavy atom. The molecule has 1 aromatic heterocycles. The predicted octanol–water partition coefficient (Wildman–Crippen LogP) is 1.71. The lowest BCUT2D eigenvalue weighted by Crippen LogP contribution is -2.54. The molecule has 0 spiro atoms. The second-order valence-electron chi connectivity index (χ2n) is 10.1. The Labute approximate surface area is 201 Å². The molecule has 3 aromatic rings. The van der Waals surface area contributed by atoms with Crippen LogP contribution in [0, 0.1) is 5.92 Å². The van der Waals surface area contributed by atoms with Crippen molar-refractivity contribution in [2.24, 2.45) is 5.92 Å². The molecule has 9 heteroatoms. The van der Waals surface area contributed by atoms with Gasteiger partial charge in [0.05, 0.1) is 28.7 Å². The molecule has 3 N–H and O–H groups in total.